The van der Waals surface area contributed by atoms with Gasteiger partial charge in [-0.25, -0.2) is 0 Å². The third-order valence-electron chi connectivity index (χ3n) is 2.17. The van der Waals surface area contributed by atoms with Crippen LogP contribution in [0.1, 0.15) is 13.8 Å². The van der Waals surface area contributed by atoms with E-state index in [4.69, 9.17) is 0 Å². The van der Waals surface area contributed by atoms with Crippen LogP contribution in [0.15, 0.2) is 8.68 Å². The van der Waals surface area contributed by atoms with Crippen molar-refractivity contribution in [1.82, 2.24) is 20.8 Å². The van der Waals surface area contributed by atoms with Gasteiger partial charge in [0.1, 0.15) is 0 Å². The molecule has 0 aliphatic rings. The zero-order chi connectivity index (χ0) is 14.4. The third kappa shape index (κ3) is 5.00. The highest BCUT2D eigenvalue weighted by molar-refractivity contribution is 8.04. The van der Waals surface area contributed by atoms with E-state index in [1.54, 1.807) is 14.1 Å². The predicted molar refractivity (Wildman–Crippen MR) is 78.7 cm³/mol. The summed E-state index contributed by atoms with van der Waals surface area (Å²) in [6, 6.07) is 0. The fourth-order valence-electron chi connectivity index (χ4n) is 1.11. The predicted octanol–water partition coefficient (Wildman–Crippen LogP) is 0.991. The molecular weight excluding hydrogens is 304 g/mol. The highest BCUT2D eigenvalue weighted by Gasteiger charge is 2.18. The quantitative estimate of drug-likeness (QED) is 0.761. The fourth-order valence-corrected chi connectivity index (χ4v) is 4.53. The maximum Gasteiger partial charge on any atom is 0.233 e. The van der Waals surface area contributed by atoms with Gasteiger partial charge in [0.25, 0.3) is 0 Å². The van der Waals surface area contributed by atoms with E-state index in [0.717, 1.165) is 8.68 Å². The standard InChI is InChI=1S/C10H16N4O2S3/c1-5(7(15)11-3)17-9-13-14-10(19-9)18-6(2)8(16)12-4/h5-6H,1-4H3,(H,11,15)(H,12,16). The van der Waals surface area contributed by atoms with Crippen LogP contribution in [0.25, 0.3) is 0 Å². The number of carbonyl (C=O) groups excluding carboxylic acids is 2. The lowest BCUT2D eigenvalue weighted by Gasteiger charge is -2.06. The highest BCUT2D eigenvalue weighted by atomic mass is 32.2. The van der Waals surface area contributed by atoms with Crippen molar-refractivity contribution >= 4 is 46.7 Å². The number of nitrogens with one attached hydrogen (secondary N) is 2. The van der Waals surface area contributed by atoms with E-state index in [1.165, 1.54) is 34.9 Å². The molecule has 0 aliphatic heterocycles. The summed E-state index contributed by atoms with van der Waals surface area (Å²) in [5, 5.41) is 12.8. The lowest BCUT2D eigenvalue weighted by Crippen LogP contribution is -2.27. The van der Waals surface area contributed by atoms with Crippen molar-refractivity contribution < 1.29 is 9.59 Å². The minimum absolute atomic E-state index is 0.0480. The maximum absolute atomic E-state index is 11.4. The van der Waals surface area contributed by atoms with Gasteiger partial charge in [0.15, 0.2) is 8.68 Å². The van der Waals surface area contributed by atoms with Gasteiger partial charge in [-0.2, -0.15) is 0 Å². The van der Waals surface area contributed by atoms with Crippen molar-refractivity contribution in [3.63, 3.8) is 0 Å². The summed E-state index contributed by atoms with van der Waals surface area (Å²) in [7, 11) is 3.21. The Morgan fingerprint density at radius 1 is 1.00 bits per heavy atom. The smallest absolute Gasteiger partial charge is 0.233 e. The van der Waals surface area contributed by atoms with Gasteiger partial charge in [0.05, 0.1) is 10.5 Å². The zero-order valence-corrected chi connectivity index (χ0v) is 13.5. The molecule has 0 spiro atoms. The summed E-state index contributed by atoms with van der Waals surface area (Å²) in [6.07, 6.45) is 0. The van der Waals surface area contributed by atoms with Crippen molar-refractivity contribution in [1.29, 1.82) is 0 Å². The molecule has 0 radical (unpaired) electrons. The number of rotatable bonds is 6. The Morgan fingerprint density at radius 3 is 1.68 bits per heavy atom. The molecule has 0 bridgehead atoms. The number of hydrogen-bond donors (Lipinski definition) is 2. The summed E-state index contributed by atoms with van der Waals surface area (Å²) in [5.41, 5.74) is 0. The average molecular weight is 320 g/mol. The normalized spacial score (nSPS) is 13.7. The van der Waals surface area contributed by atoms with Crippen LogP contribution in [0.3, 0.4) is 0 Å². The second-order valence-corrected chi connectivity index (χ2v) is 7.74. The first-order chi connectivity index (χ1) is 8.97. The van der Waals surface area contributed by atoms with Crippen LogP contribution in [0.4, 0.5) is 0 Å². The second-order valence-electron chi connectivity index (χ2n) is 3.58. The number of amides is 2. The van der Waals surface area contributed by atoms with Crippen molar-refractivity contribution in [3.05, 3.63) is 0 Å². The van der Waals surface area contributed by atoms with E-state index in [2.05, 4.69) is 20.8 Å². The summed E-state index contributed by atoms with van der Waals surface area (Å²) in [4.78, 5) is 22.8. The zero-order valence-electron chi connectivity index (χ0n) is 11.1. The molecule has 106 valence electrons. The molecule has 2 unspecified atom stereocenters. The van der Waals surface area contributed by atoms with Crippen LogP contribution in [0.2, 0.25) is 0 Å². The molecule has 0 aliphatic carbocycles. The maximum atomic E-state index is 11.4. The molecule has 0 fully saturated rings. The Morgan fingerprint density at radius 2 is 1.37 bits per heavy atom. The molecule has 0 saturated carbocycles. The van der Waals surface area contributed by atoms with Crippen LogP contribution < -0.4 is 10.6 Å². The van der Waals surface area contributed by atoms with Crippen molar-refractivity contribution in [3.8, 4) is 0 Å². The monoisotopic (exact) mass is 320 g/mol. The van der Waals surface area contributed by atoms with Gasteiger partial charge in [0, 0.05) is 14.1 Å². The van der Waals surface area contributed by atoms with Crippen molar-refractivity contribution in [2.24, 2.45) is 0 Å². The molecule has 2 amide bonds. The fraction of sp³-hybridized carbons (Fsp3) is 0.600. The lowest BCUT2D eigenvalue weighted by molar-refractivity contribution is -0.120. The van der Waals surface area contributed by atoms with Gasteiger partial charge in [0.2, 0.25) is 11.8 Å². The summed E-state index contributed by atoms with van der Waals surface area (Å²) in [5.74, 6) is -0.0961. The van der Waals surface area contributed by atoms with E-state index in [0.29, 0.717) is 0 Å². The van der Waals surface area contributed by atoms with Gasteiger partial charge in [-0.05, 0) is 13.8 Å². The number of thioether (sulfide) groups is 2. The molecule has 19 heavy (non-hydrogen) atoms. The van der Waals surface area contributed by atoms with Crippen LogP contribution in [0, 0.1) is 0 Å². The Kier molecular flexibility index (Phi) is 6.59. The number of nitrogens with zero attached hydrogens (tertiary/aromatic N) is 2. The van der Waals surface area contributed by atoms with Crippen molar-refractivity contribution in [2.75, 3.05) is 14.1 Å². The second kappa shape index (κ2) is 7.71. The van der Waals surface area contributed by atoms with Crippen LogP contribution >= 0.6 is 34.9 Å². The van der Waals surface area contributed by atoms with Crippen molar-refractivity contribution in [2.45, 2.75) is 33.0 Å². The first kappa shape index (κ1) is 16.3. The SMILES string of the molecule is CNC(=O)C(C)Sc1nnc(SC(C)C(=O)NC)s1. The summed E-state index contributed by atoms with van der Waals surface area (Å²) < 4.78 is 1.45. The molecule has 1 aromatic heterocycles. The van der Waals surface area contributed by atoms with E-state index < -0.39 is 0 Å². The number of hydrogen-bond acceptors (Lipinski definition) is 7. The minimum Gasteiger partial charge on any atom is -0.358 e. The van der Waals surface area contributed by atoms with E-state index in [1.807, 2.05) is 13.8 Å². The number of carbonyl (C=O) groups is 2. The average Bonchev–Trinajstić information content (AvgIpc) is 2.83. The molecule has 1 aromatic rings. The third-order valence-corrected chi connectivity index (χ3v) is 5.47. The van der Waals surface area contributed by atoms with Crippen LogP contribution in [-0.4, -0.2) is 46.6 Å². The van der Waals surface area contributed by atoms with E-state index >= 15 is 0 Å². The van der Waals surface area contributed by atoms with Gasteiger partial charge >= 0.3 is 0 Å². The van der Waals surface area contributed by atoms with Crippen LogP contribution in [-0.2, 0) is 9.59 Å². The minimum atomic E-state index is -0.216. The molecule has 2 atom stereocenters. The van der Waals surface area contributed by atoms with E-state index in [-0.39, 0.29) is 22.3 Å². The van der Waals surface area contributed by atoms with Gasteiger partial charge < -0.3 is 10.6 Å². The first-order valence-electron chi connectivity index (χ1n) is 5.58. The molecular formula is C10H16N4O2S3. The van der Waals surface area contributed by atoms with Gasteiger partial charge in [-0.1, -0.05) is 34.9 Å². The Hall–Kier alpha value is -0.800. The molecule has 1 rings (SSSR count). The van der Waals surface area contributed by atoms with Crippen LogP contribution in [0.5, 0.6) is 0 Å². The molecule has 0 aromatic carbocycles. The molecule has 6 nitrogen and oxygen atoms in total. The largest absolute Gasteiger partial charge is 0.358 e. The summed E-state index contributed by atoms with van der Waals surface area (Å²) >= 11 is 4.10. The lowest BCUT2D eigenvalue weighted by atomic mass is 10.4. The van der Waals surface area contributed by atoms with Gasteiger partial charge in [-0.3, -0.25) is 9.59 Å². The molecule has 2 N–H and O–H groups in total. The topological polar surface area (TPSA) is 84.0 Å². The molecule has 1 heterocycles. The van der Waals surface area contributed by atoms with Gasteiger partial charge in [-0.15, -0.1) is 10.2 Å². The highest BCUT2D eigenvalue weighted by Crippen LogP contribution is 2.32. The Balaban J connectivity index is 2.57. The first-order valence-corrected chi connectivity index (χ1v) is 8.15. The Labute approximate surface area is 124 Å². The molecule has 0 saturated heterocycles. The Bertz CT molecular complexity index is 413. The summed E-state index contributed by atoms with van der Waals surface area (Å²) in [6.45, 7) is 3.62. The van der Waals surface area contributed by atoms with E-state index in [9.17, 15) is 9.59 Å². The molecule has 9 heteroatoms. The number of aromatic nitrogens is 2.